The molecule has 1 N–H and O–H groups in total. The van der Waals surface area contributed by atoms with Crippen LogP contribution in [0, 0.1) is 11.8 Å². The molecule has 0 saturated carbocycles. The number of amides is 1. The second-order valence-corrected chi connectivity index (χ2v) is 4.28. The summed E-state index contributed by atoms with van der Waals surface area (Å²) in [5, 5.41) is 6.89. The molecule has 5 heteroatoms. The first kappa shape index (κ1) is 14.2. The molecule has 0 aliphatic rings. The van der Waals surface area contributed by atoms with Gasteiger partial charge in [-0.05, 0) is 32.4 Å². The molecule has 1 rings (SSSR count). The van der Waals surface area contributed by atoms with Crippen LogP contribution in [0.15, 0.2) is 29.6 Å². The van der Waals surface area contributed by atoms with Crippen molar-refractivity contribution in [3.63, 3.8) is 0 Å². The zero-order valence-electron chi connectivity index (χ0n) is 11.0. The van der Waals surface area contributed by atoms with Gasteiger partial charge < -0.3 is 5.32 Å². The average molecular weight is 249 g/mol. The van der Waals surface area contributed by atoms with E-state index in [-0.39, 0.29) is 5.91 Å². The van der Waals surface area contributed by atoms with E-state index in [1.54, 1.807) is 6.92 Å². The number of benzene rings is 1. The molecule has 0 radical (unpaired) electrons. The fourth-order valence-electron chi connectivity index (χ4n) is 1.55. The van der Waals surface area contributed by atoms with Crippen LogP contribution >= 0.6 is 0 Å². The Hall–Kier alpha value is -1.91. The van der Waals surface area contributed by atoms with Gasteiger partial charge in [-0.3, -0.25) is 4.79 Å². The van der Waals surface area contributed by atoms with Crippen molar-refractivity contribution in [2.24, 2.45) is 5.29 Å². The third kappa shape index (κ3) is 3.84. The number of anilines is 1. The molecule has 98 valence electrons. The highest BCUT2D eigenvalue weighted by Crippen LogP contribution is 2.10. The fraction of sp³-hybridized carbons (Fsp3) is 0.462. The van der Waals surface area contributed by atoms with Crippen molar-refractivity contribution in [2.75, 3.05) is 11.9 Å². The third-order valence-corrected chi connectivity index (χ3v) is 2.70. The summed E-state index contributed by atoms with van der Waals surface area (Å²) in [6.45, 7) is 6.06. The lowest BCUT2D eigenvalue weighted by atomic mass is 10.2. The summed E-state index contributed by atoms with van der Waals surface area (Å²) >= 11 is 0. The van der Waals surface area contributed by atoms with Gasteiger partial charge in [0, 0.05) is 12.2 Å². The van der Waals surface area contributed by atoms with Crippen LogP contribution in [0.5, 0.6) is 0 Å². The lowest BCUT2D eigenvalue weighted by molar-refractivity contribution is -0.120. The van der Waals surface area contributed by atoms with Gasteiger partial charge in [-0.1, -0.05) is 24.6 Å². The summed E-state index contributed by atoms with van der Waals surface area (Å²) < 4.78 is 0. The molecule has 0 saturated heterocycles. The van der Waals surface area contributed by atoms with Crippen molar-refractivity contribution >= 4 is 11.6 Å². The molecule has 0 fully saturated rings. The smallest absolute Gasteiger partial charge is 0.248 e. The zero-order valence-corrected chi connectivity index (χ0v) is 11.0. The summed E-state index contributed by atoms with van der Waals surface area (Å²) in [6.07, 6.45) is 0.772. The molecular formula is C13H19N3O2. The molecule has 0 aromatic heterocycles. The Labute approximate surface area is 107 Å². The van der Waals surface area contributed by atoms with Crippen molar-refractivity contribution in [3.8, 4) is 0 Å². The Morgan fingerprint density at radius 1 is 1.39 bits per heavy atom. The van der Waals surface area contributed by atoms with Gasteiger partial charge in [0.2, 0.25) is 5.91 Å². The summed E-state index contributed by atoms with van der Waals surface area (Å²) in [4.78, 5) is 22.6. The Balaban J connectivity index is 2.63. The first-order chi connectivity index (χ1) is 8.58. The molecule has 18 heavy (non-hydrogen) atoms. The van der Waals surface area contributed by atoms with Crippen LogP contribution in [0.3, 0.4) is 0 Å². The van der Waals surface area contributed by atoms with Crippen molar-refractivity contribution in [2.45, 2.75) is 33.2 Å². The van der Waals surface area contributed by atoms with E-state index in [0.717, 1.165) is 17.7 Å². The number of nitroso groups, excluding NO2 is 1. The lowest BCUT2D eigenvalue weighted by Crippen LogP contribution is -2.39. The molecule has 0 spiro atoms. The van der Waals surface area contributed by atoms with Gasteiger partial charge >= 0.3 is 0 Å². The van der Waals surface area contributed by atoms with E-state index >= 15 is 0 Å². The number of rotatable bonds is 6. The number of hydrogen-bond acceptors (Lipinski definition) is 3. The largest absolute Gasteiger partial charge is 0.324 e. The minimum Gasteiger partial charge on any atom is -0.324 e. The normalized spacial score (nSPS) is 11.7. The quantitative estimate of drug-likeness (QED) is 0.623. The van der Waals surface area contributed by atoms with Gasteiger partial charge in [0.25, 0.3) is 0 Å². The van der Waals surface area contributed by atoms with Crippen LogP contribution in [0.1, 0.15) is 25.8 Å². The predicted molar refractivity (Wildman–Crippen MR) is 72.1 cm³/mol. The number of nitrogens with zero attached hydrogens (tertiary/aromatic N) is 2. The summed E-state index contributed by atoms with van der Waals surface area (Å²) in [7, 11) is 0. The molecular weight excluding hydrogens is 230 g/mol. The predicted octanol–water partition coefficient (Wildman–Crippen LogP) is 2.72. The SMILES string of the molecule is CCCN(N=O)C(C)C(=O)Nc1ccc(C)cc1. The Morgan fingerprint density at radius 3 is 2.50 bits per heavy atom. The second-order valence-electron chi connectivity index (χ2n) is 4.28. The standard InChI is InChI=1S/C13H19N3O2/c1-4-9-16(15-18)11(3)13(17)14-12-7-5-10(2)6-8-12/h5-8,11H,4,9H2,1-3H3,(H,14,17). The van der Waals surface area contributed by atoms with Crippen molar-refractivity contribution in [3.05, 3.63) is 34.7 Å². The highest BCUT2D eigenvalue weighted by molar-refractivity contribution is 5.94. The first-order valence-corrected chi connectivity index (χ1v) is 6.06. The average Bonchev–Trinajstić information content (AvgIpc) is 2.37. The maximum atomic E-state index is 11.9. The molecule has 0 heterocycles. The molecule has 1 aromatic rings. The Morgan fingerprint density at radius 2 is 2.00 bits per heavy atom. The monoisotopic (exact) mass is 249 g/mol. The summed E-state index contributed by atoms with van der Waals surface area (Å²) in [6, 6.07) is 6.94. The zero-order chi connectivity index (χ0) is 13.5. The maximum absolute atomic E-state index is 11.9. The van der Waals surface area contributed by atoms with Crippen molar-refractivity contribution in [1.82, 2.24) is 5.01 Å². The number of carbonyl (C=O) groups is 1. The van der Waals surface area contributed by atoms with E-state index in [9.17, 15) is 9.70 Å². The third-order valence-electron chi connectivity index (χ3n) is 2.70. The van der Waals surface area contributed by atoms with Gasteiger partial charge in [0.1, 0.15) is 6.04 Å². The first-order valence-electron chi connectivity index (χ1n) is 6.06. The highest BCUT2D eigenvalue weighted by atomic mass is 16.3. The van der Waals surface area contributed by atoms with Crippen LogP contribution in [0.25, 0.3) is 0 Å². The molecule has 0 aliphatic carbocycles. The molecule has 1 unspecified atom stereocenters. The minimum atomic E-state index is -0.566. The van der Waals surface area contributed by atoms with Crippen molar-refractivity contribution < 1.29 is 4.79 Å². The Kier molecular flexibility index (Phi) is 5.30. The molecule has 1 atom stereocenters. The van der Waals surface area contributed by atoms with E-state index in [4.69, 9.17) is 0 Å². The van der Waals surface area contributed by atoms with E-state index in [1.165, 1.54) is 5.01 Å². The van der Waals surface area contributed by atoms with Crippen LogP contribution in [-0.4, -0.2) is 23.5 Å². The second kappa shape index (κ2) is 6.74. The van der Waals surface area contributed by atoms with Gasteiger partial charge in [0.15, 0.2) is 0 Å². The Bertz CT molecular complexity index is 403. The summed E-state index contributed by atoms with van der Waals surface area (Å²) in [5.74, 6) is -0.230. The number of carbonyl (C=O) groups excluding carboxylic acids is 1. The minimum absolute atomic E-state index is 0.230. The van der Waals surface area contributed by atoms with E-state index in [2.05, 4.69) is 10.6 Å². The molecule has 0 aliphatic heterocycles. The molecule has 1 aromatic carbocycles. The topological polar surface area (TPSA) is 61.8 Å². The van der Waals surface area contributed by atoms with E-state index in [1.807, 2.05) is 38.1 Å². The van der Waals surface area contributed by atoms with Gasteiger partial charge in [-0.2, -0.15) is 0 Å². The molecule has 1 amide bonds. The van der Waals surface area contributed by atoms with E-state index in [0.29, 0.717) is 6.54 Å². The van der Waals surface area contributed by atoms with Crippen LogP contribution in [0.4, 0.5) is 5.69 Å². The number of aryl methyl sites for hydroxylation is 1. The highest BCUT2D eigenvalue weighted by Gasteiger charge is 2.20. The molecule has 0 bridgehead atoms. The van der Waals surface area contributed by atoms with Gasteiger partial charge in [-0.15, -0.1) is 4.91 Å². The van der Waals surface area contributed by atoms with Gasteiger partial charge in [0.05, 0.1) is 5.29 Å². The van der Waals surface area contributed by atoms with Crippen LogP contribution in [0.2, 0.25) is 0 Å². The maximum Gasteiger partial charge on any atom is 0.248 e. The van der Waals surface area contributed by atoms with Crippen molar-refractivity contribution in [1.29, 1.82) is 0 Å². The van der Waals surface area contributed by atoms with E-state index < -0.39 is 6.04 Å². The number of nitrogens with one attached hydrogen (secondary N) is 1. The van der Waals surface area contributed by atoms with Gasteiger partial charge in [-0.25, -0.2) is 5.01 Å². The molecule has 5 nitrogen and oxygen atoms in total. The summed E-state index contributed by atoms with van der Waals surface area (Å²) in [5.41, 5.74) is 1.85. The fourth-order valence-corrected chi connectivity index (χ4v) is 1.55. The van der Waals surface area contributed by atoms with Crippen LogP contribution in [-0.2, 0) is 4.79 Å². The van der Waals surface area contributed by atoms with Crippen LogP contribution < -0.4 is 5.32 Å². The number of hydrogen-bond donors (Lipinski definition) is 1. The lowest BCUT2D eigenvalue weighted by Gasteiger charge is -2.21.